The number of carboxylic acids is 1. The fraction of sp³-hybridized carbons (Fsp3) is 0.429. The zero-order valence-corrected chi connectivity index (χ0v) is 12.8. The first-order valence-electron chi connectivity index (χ1n) is 7.09. The number of aromatic nitrogens is 4. The second-order valence-corrected chi connectivity index (χ2v) is 5.21. The van der Waals surface area contributed by atoms with Crippen molar-refractivity contribution in [1.82, 2.24) is 25.4 Å². The van der Waals surface area contributed by atoms with Gasteiger partial charge in [-0.3, -0.25) is 4.79 Å². The molecular formula is C14H17N5O4. The van der Waals surface area contributed by atoms with E-state index in [-0.39, 0.29) is 36.4 Å². The first kappa shape index (κ1) is 16.5. The first-order valence-corrected chi connectivity index (χ1v) is 7.09. The van der Waals surface area contributed by atoms with E-state index in [9.17, 15) is 9.59 Å². The Morgan fingerprint density at radius 2 is 1.96 bits per heavy atom. The number of aliphatic carboxylic acids is 1. The molecule has 9 heteroatoms. The van der Waals surface area contributed by atoms with Crippen molar-refractivity contribution < 1.29 is 19.2 Å². The second-order valence-electron chi connectivity index (χ2n) is 5.21. The lowest BCUT2D eigenvalue weighted by Crippen LogP contribution is -2.44. The van der Waals surface area contributed by atoms with Crippen LogP contribution in [0.2, 0.25) is 0 Å². The van der Waals surface area contributed by atoms with Gasteiger partial charge in [-0.25, -0.2) is 14.8 Å². The number of carbonyl (C=O) groups excluding carboxylic acids is 1. The van der Waals surface area contributed by atoms with Gasteiger partial charge >= 0.3 is 5.97 Å². The zero-order chi connectivity index (χ0) is 16.8. The molecule has 0 aliphatic carbocycles. The largest absolute Gasteiger partial charge is 0.480 e. The summed E-state index contributed by atoms with van der Waals surface area (Å²) in [6, 6.07) is 0.751. The predicted molar refractivity (Wildman–Crippen MR) is 78.0 cm³/mol. The van der Waals surface area contributed by atoms with Gasteiger partial charge in [-0.15, -0.1) is 0 Å². The molecule has 0 saturated heterocycles. The summed E-state index contributed by atoms with van der Waals surface area (Å²) in [6.45, 7) is 3.45. The molecule has 2 N–H and O–H groups in total. The van der Waals surface area contributed by atoms with Crippen LogP contribution in [0.4, 0.5) is 0 Å². The molecule has 9 nitrogen and oxygen atoms in total. The van der Waals surface area contributed by atoms with Gasteiger partial charge in [-0.1, -0.05) is 19.0 Å². The lowest BCUT2D eigenvalue weighted by molar-refractivity contribution is -0.143. The number of aryl methyl sites for hydroxylation is 1. The van der Waals surface area contributed by atoms with Crippen molar-refractivity contribution in [2.24, 2.45) is 5.92 Å². The molecule has 1 amide bonds. The summed E-state index contributed by atoms with van der Waals surface area (Å²) < 4.78 is 5.03. The summed E-state index contributed by atoms with van der Waals surface area (Å²) in [7, 11) is 0. The van der Waals surface area contributed by atoms with Crippen LogP contribution in [0.5, 0.6) is 0 Å². The molecule has 122 valence electrons. The molecule has 0 unspecified atom stereocenters. The van der Waals surface area contributed by atoms with Crippen LogP contribution in [0.25, 0.3) is 11.6 Å². The van der Waals surface area contributed by atoms with Crippen molar-refractivity contribution in [2.45, 2.75) is 32.7 Å². The quantitative estimate of drug-likeness (QED) is 0.761. The van der Waals surface area contributed by atoms with Gasteiger partial charge in [0.2, 0.25) is 23.4 Å². The van der Waals surface area contributed by atoms with E-state index in [1.807, 2.05) is 0 Å². The predicted octanol–water partition coefficient (Wildman–Crippen LogP) is 0.685. The molecule has 0 spiro atoms. The first-order chi connectivity index (χ1) is 11.0. The Hall–Kier alpha value is -2.84. The van der Waals surface area contributed by atoms with Crippen LogP contribution in [0.15, 0.2) is 23.0 Å². The van der Waals surface area contributed by atoms with E-state index in [1.165, 1.54) is 0 Å². The molecule has 0 aromatic carbocycles. The van der Waals surface area contributed by atoms with Crippen molar-refractivity contribution in [3.8, 4) is 11.6 Å². The Bertz CT molecular complexity index is 671. The average molecular weight is 319 g/mol. The molecule has 0 saturated carbocycles. The molecule has 0 aliphatic heterocycles. The summed E-state index contributed by atoms with van der Waals surface area (Å²) in [4.78, 5) is 35.0. The highest BCUT2D eigenvalue weighted by Crippen LogP contribution is 2.10. The van der Waals surface area contributed by atoms with Crippen LogP contribution in [0, 0.1) is 5.92 Å². The maximum atomic E-state index is 11.8. The Balaban J connectivity index is 1.90. The number of rotatable bonds is 7. The topological polar surface area (TPSA) is 131 Å². The van der Waals surface area contributed by atoms with Gasteiger partial charge in [0.1, 0.15) is 6.04 Å². The van der Waals surface area contributed by atoms with E-state index < -0.39 is 12.0 Å². The van der Waals surface area contributed by atoms with Gasteiger partial charge in [0, 0.05) is 25.2 Å². The van der Waals surface area contributed by atoms with Crippen LogP contribution >= 0.6 is 0 Å². The van der Waals surface area contributed by atoms with E-state index in [4.69, 9.17) is 9.63 Å². The van der Waals surface area contributed by atoms with Gasteiger partial charge < -0.3 is 14.9 Å². The molecule has 0 fully saturated rings. The van der Waals surface area contributed by atoms with Gasteiger partial charge in [0.15, 0.2) is 0 Å². The minimum atomic E-state index is -1.06. The van der Waals surface area contributed by atoms with Crippen molar-refractivity contribution in [1.29, 1.82) is 0 Å². The van der Waals surface area contributed by atoms with Gasteiger partial charge in [0.05, 0.1) is 0 Å². The smallest absolute Gasteiger partial charge is 0.326 e. The van der Waals surface area contributed by atoms with E-state index in [0.717, 1.165) is 0 Å². The Kier molecular flexibility index (Phi) is 5.34. The number of hydrogen-bond donors (Lipinski definition) is 2. The molecule has 2 heterocycles. The minimum absolute atomic E-state index is 0.0494. The number of carboxylic acid groups (broad SMARTS) is 1. The molecule has 0 bridgehead atoms. The van der Waals surface area contributed by atoms with Crippen LogP contribution < -0.4 is 5.32 Å². The molecular weight excluding hydrogens is 302 g/mol. The number of nitrogens with zero attached hydrogens (tertiary/aromatic N) is 4. The van der Waals surface area contributed by atoms with Gasteiger partial charge in [-0.2, -0.15) is 4.98 Å². The Labute approximate surface area is 132 Å². The summed E-state index contributed by atoms with van der Waals surface area (Å²) >= 11 is 0. The summed E-state index contributed by atoms with van der Waals surface area (Å²) in [5.41, 5.74) is 0. The van der Waals surface area contributed by atoms with Crippen LogP contribution in [-0.2, 0) is 16.0 Å². The van der Waals surface area contributed by atoms with Crippen molar-refractivity contribution >= 4 is 11.9 Å². The van der Waals surface area contributed by atoms with E-state index in [1.54, 1.807) is 32.3 Å². The number of hydrogen-bond acceptors (Lipinski definition) is 7. The third kappa shape index (κ3) is 4.56. The van der Waals surface area contributed by atoms with Crippen LogP contribution in [-0.4, -0.2) is 43.1 Å². The fourth-order valence-corrected chi connectivity index (χ4v) is 1.84. The monoisotopic (exact) mass is 319 g/mol. The average Bonchev–Trinajstić information content (AvgIpc) is 3.00. The SMILES string of the molecule is CC(C)[C@@H](NC(=O)CCc1nc(-c2ncccn2)no1)C(=O)O. The summed E-state index contributed by atoms with van der Waals surface area (Å²) in [5.74, 6) is -0.818. The third-order valence-electron chi connectivity index (χ3n) is 3.05. The minimum Gasteiger partial charge on any atom is -0.480 e. The molecule has 2 rings (SSSR count). The highest BCUT2D eigenvalue weighted by Gasteiger charge is 2.23. The molecule has 0 aliphatic rings. The number of nitrogens with one attached hydrogen (secondary N) is 1. The molecule has 0 radical (unpaired) electrons. The molecule has 1 atom stereocenters. The normalized spacial score (nSPS) is 12.1. The summed E-state index contributed by atoms with van der Waals surface area (Å²) in [5, 5.41) is 15.3. The lowest BCUT2D eigenvalue weighted by Gasteiger charge is -2.17. The van der Waals surface area contributed by atoms with Crippen molar-refractivity contribution in [2.75, 3.05) is 0 Å². The van der Waals surface area contributed by atoms with E-state index >= 15 is 0 Å². The highest BCUT2D eigenvalue weighted by atomic mass is 16.5. The van der Waals surface area contributed by atoms with Crippen molar-refractivity contribution in [3.63, 3.8) is 0 Å². The van der Waals surface area contributed by atoms with E-state index in [2.05, 4.69) is 25.4 Å². The van der Waals surface area contributed by atoms with Crippen LogP contribution in [0.3, 0.4) is 0 Å². The maximum Gasteiger partial charge on any atom is 0.326 e. The summed E-state index contributed by atoms with van der Waals surface area (Å²) in [6.07, 6.45) is 3.37. The van der Waals surface area contributed by atoms with E-state index in [0.29, 0.717) is 5.82 Å². The zero-order valence-electron chi connectivity index (χ0n) is 12.8. The van der Waals surface area contributed by atoms with Crippen LogP contribution in [0.1, 0.15) is 26.2 Å². The second kappa shape index (κ2) is 7.43. The van der Waals surface area contributed by atoms with Crippen molar-refractivity contribution in [3.05, 3.63) is 24.4 Å². The molecule has 2 aromatic rings. The highest BCUT2D eigenvalue weighted by molar-refractivity contribution is 5.83. The molecule has 23 heavy (non-hydrogen) atoms. The van der Waals surface area contributed by atoms with Gasteiger partial charge in [-0.05, 0) is 12.0 Å². The third-order valence-corrected chi connectivity index (χ3v) is 3.05. The Morgan fingerprint density at radius 3 is 2.57 bits per heavy atom. The fourth-order valence-electron chi connectivity index (χ4n) is 1.84. The standard InChI is InChI=1S/C14H17N5O4/c1-8(2)11(14(21)22)17-9(20)4-5-10-18-13(19-23-10)12-15-6-3-7-16-12/h3,6-8,11H,4-5H2,1-2H3,(H,17,20)(H,21,22)/t11-/m1/s1. The number of amides is 1. The molecule has 2 aromatic heterocycles. The van der Waals surface area contributed by atoms with Gasteiger partial charge in [0.25, 0.3) is 0 Å². The maximum absolute atomic E-state index is 11.8. The Morgan fingerprint density at radius 1 is 1.26 bits per heavy atom. The number of carbonyl (C=O) groups is 2. The lowest BCUT2D eigenvalue weighted by atomic mass is 10.0.